The van der Waals surface area contributed by atoms with E-state index in [2.05, 4.69) is 32.2 Å². The lowest BCUT2D eigenvalue weighted by atomic mass is 9.74. The van der Waals surface area contributed by atoms with E-state index >= 15 is 0 Å². The summed E-state index contributed by atoms with van der Waals surface area (Å²) in [7, 11) is 0. The van der Waals surface area contributed by atoms with E-state index in [4.69, 9.17) is 4.98 Å². The minimum absolute atomic E-state index is 0.954. The fraction of sp³-hybridized carbons (Fsp3) is 0.839. The quantitative estimate of drug-likeness (QED) is 0.263. The Morgan fingerprint density at radius 3 is 1.69 bits per heavy atom. The van der Waals surface area contributed by atoms with Crippen molar-refractivity contribution >= 4 is 0 Å². The Labute approximate surface area is 200 Å². The van der Waals surface area contributed by atoms with Gasteiger partial charge < -0.3 is 0 Å². The number of aryl methyl sites for hydroxylation is 2. The van der Waals surface area contributed by atoms with Crippen molar-refractivity contribution in [3.63, 3.8) is 0 Å². The molecule has 2 aliphatic carbocycles. The van der Waals surface area contributed by atoms with Crippen molar-refractivity contribution in [2.45, 2.75) is 142 Å². The molecule has 3 rings (SSSR count). The number of nitrogens with zero attached hydrogens (tertiary/aromatic N) is 1. The van der Waals surface area contributed by atoms with Crippen molar-refractivity contribution in [1.82, 2.24) is 4.98 Å². The average molecular weight is 440 g/mol. The summed E-state index contributed by atoms with van der Waals surface area (Å²) in [5.74, 6) is 4.12. The molecule has 0 radical (unpaired) electrons. The van der Waals surface area contributed by atoms with E-state index in [1.54, 1.807) is 0 Å². The summed E-state index contributed by atoms with van der Waals surface area (Å²) in [4.78, 5) is 4.79. The molecule has 1 aromatic heterocycles. The molecule has 1 nitrogen and oxygen atoms in total. The molecular formula is C31H53N. The van der Waals surface area contributed by atoms with Crippen molar-refractivity contribution in [3.05, 3.63) is 29.6 Å². The first kappa shape index (κ1) is 25.8. The van der Waals surface area contributed by atoms with Crippen LogP contribution in [0.15, 0.2) is 18.3 Å². The molecule has 32 heavy (non-hydrogen) atoms. The van der Waals surface area contributed by atoms with Crippen LogP contribution in [0.1, 0.15) is 141 Å². The molecule has 0 amide bonds. The molecule has 0 N–H and O–H groups in total. The van der Waals surface area contributed by atoms with Gasteiger partial charge in [0.25, 0.3) is 0 Å². The predicted molar refractivity (Wildman–Crippen MR) is 140 cm³/mol. The zero-order chi connectivity index (χ0) is 22.4. The molecule has 0 atom stereocenters. The summed E-state index contributed by atoms with van der Waals surface area (Å²) < 4.78 is 0. The molecule has 0 unspecified atom stereocenters. The van der Waals surface area contributed by atoms with Gasteiger partial charge in [-0.15, -0.1) is 0 Å². The highest BCUT2D eigenvalue weighted by molar-refractivity contribution is 5.14. The molecule has 2 fully saturated rings. The molecule has 0 spiro atoms. The molecule has 0 aromatic carbocycles. The molecule has 1 heterocycles. The van der Waals surface area contributed by atoms with E-state index in [0.29, 0.717) is 0 Å². The van der Waals surface area contributed by atoms with Crippen molar-refractivity contribution in [3.8, 4) is 0 Å². The first-order chi connectivity index (χ1) is 15.8. The third-order valence-corrected chi connectivity index (χ3v) is 8.88. The largest absolute Gasteiger partial charge is 0.261 e. The van der Waals surface area contributed by atoms with Crippen LogP contribution in [0.25, 0.3) is 0 Å². The van der Waals surface area contributed by atoms with Crippen molar-refractivity contribution in [2.75, 3.05) is 0 Å². The molecule has 0 saturated heterocycles. The molecular weight excluding hydrogens is 386 g/mol. The summed E-state index contributed by atoms with van der Waals surface area (Å²) in [6.07, 6.45) is 30.7. The highest BCUT2D eigenvalue weighted by Gasteiger charge is 2.24. The second-order valence-corrected chi connectivity index (χ2v) is 11.5. The van der Waals surface area contributed by atoms with Crippen LogP contribution in [0.4, 0.5) is 0 Å². The summed E-state index contributed by atoms with van der Waals surface area (Å²) >= 11 is 0. The van der Waals surface area contributed by atoms with Crippen LogP contribution in [0, 0.1) is 23.7 Å². The highest BCUT2D eigenvalue weighted by Crippen LogP contribution is 2.38. The number of aromatic nitrogens is 1. The van der Waals surface area contributed by atoms with Gasteiger partial charge in [0.2, 0.25) is 0 Å². The number of hydrogen-bond donors (Lipinski definition) is 0. The lowest BCUT2D eigenvalue weighted by Crippen LogP contribution is -2.18. The smallest absolute Gasteiger partial charge is 0.0403 e. The summed E-state index contributed by atoms with van der Waals surface area (Å²) in [6, 6.07) is 4.65. The maximum atomic E-state index is 4.79. The monoisotopic (exact) mass is 439 g/mol. The third kappa shape index (κ3) is 9.56. The van der Waals surface area contributed by atoms with Crippen molar-refractivity contribution in [1.29, 1.82) is 0 Å². The zero-order valence-corrected chi connectivity index (χ0v) is 21.6. The van der Waals surface area contributed by atoms with Gasteiger partial charge in [0, 0.05) is 11.9 Å². The average Bonchev–Trinajstić information content (AvgIpc) is 2.84. The van der Waals surface area contributed by atoms with Crippen LogP contribution in [0.5, 0.6) is 0 Å². The molecule has 0 aliphatic heterocycles. The van der Waals surface area contributed by atoms with Crippen LogP contribution < -0.4 is 0 Å². The number of hydrogen-bond acceptors (Lipinski definition) is 1. The van der Waals surface area contributed by atoms with Crippen LogP contribution in [0.2, 0.25) is 0 Å². The Kier molecular flexibility index (Phi) is 12.2. The first-order valence-corrected chi connectivity index (χ1v) is 14.7. The van der Waals surface area contributed by atoms with Gasteiger partial charge in [-0.1, -0.05) is 123 Å². The predicted octanol–water partition coefficient (Wildman–Crippen LogP) is 9.72. The van der Waals surface area contributed by atoms with Gasteiger partial charge in [0.05, 0.1) is 0 Å². The Morgan fingerprint density at radius 1 is 0.594 bits per heavy atom. The van der Waals surface area contributed by atoms with E-state index in [9.17, 15) is 0 Å². The van der Waals surface area contributed by atoms with E-state index < -0.39 is 0 Å². The molecule has 2 aliphatic rings. The molecule has 0 bridgehead atoms. The van der Waals surface area contributed by atoms with Gasteiger partial charge >= 0.3 is 0 Å². The van der Waals surface area contributed by atoms with Crippen LogP contribution in [0.3, 0.4) is 0 Å². The fourth-order valence-corrected chi connectivity index (χ4v) is 6.53. The van der Waals surface area contributed by atoms with E-state index in [1.807, 2.05) is 0 Å². The van der Waals surface area contributed by atoms with Gasteiger partial charge in [0.15, 0.2) is 0 Å². The maximum Gasteiger partial charge on any atom is 0.0403 e. The molecule has 2 saturated carbocycles. The van der Waals surface area contributed by atoms with Gasteiger partial charge in [-0.3, -0.25) is 4.98 Å². The Morgan fingerprint density at radius 2 is 1.16 bits per heavy atom. The second-order valence-electron chi connectivity index (χ2n) is 11.5. The van der Waals surface area contributed by atoms with Crippen LogP contribution in [-0.4, -0.2) is 4.98 Å². The third-order valence-electron chi connectivity index (χ3n) is 8.88. The fourth-order valence-electron chi connectivity index (χ4n) is 6.53. The lowest BCUT2D eigenvalue weighted by Gasteiger charge is -2.32. The lowest BCUT2D eigenvalue weighted by molar-refractivity contribution is 0.209. The SMILES string of the molecule is CCCCCCCc1ccc(CCC2CCC(CCC3CCC(CCC)CC3)CC2)nc1. The topological polar surface area (TPSA) is 12.9 Å². The summed E-state index contributed by atoms with van der Waals surface area (Å²) in [5.41, 5.74) is 2.75. The Bertz CT molecular complexity index is 575. The van der Waals surface area contributed by atoms with Crippen LogP contribution >= 0.6 is 0 Å². The molecule has 182 valence electrons. The second kappa shape index (κ2) is 15.1. The van der Waals surface area contributed by atoms with Gasteiger partial charge in [-0.25, -0.2) is 0 Å². The number of rotatable bonds is 14. The van der Waals surface area contributed by atoms with Crippen molar-refractivity contribution in [2.24, 2.45) is 23.7 Å². The minimum Gasteiger partial charge on any atom is -0.261 e. The first-order valence-electron chi connectivity index (χ1n) is 14.7. The van der Waals surface area contributed by atoms with Gasteiger partial charge in [0.1, 0.15) is 0 Å². The Balaban J connectivity index is 1.24. The summed E-state index contributed by atoms with van der Waals surface area (Å²) in [6.45, 7) is 4.64. The van der Waals surface area contributed by atoms with E-state index in [-0.39, 0.29) is 0 Å². The molecule has 1 aromatic rings. The minimum atomic E-state index is 0.954. The van der Waals surface area contributed by atoms with E-state index in [0.717, 1.165) is 23.7 Å². The van der Waals surface area contributed by atoms with Crippen LogP contribution in [-0.2, 0) is 12.8 Å². The van der Waals surface area contributed by atoms with Gasteiger partial charge in [-0.05, 0) is 61.0 Å². The van der Waals surface area contributed by atoms with Crippen molar-refractivity contribution < 1.29 is 0 Å². The van der Waals surface area contributed by atoms with Gasteiger partial charge in [-0.2, -0.15) is 0 Å². The standard InChI is InChI=1S/C31H53N/c1-3-5-6-7-8-10-30-22-24-31(32-25-30)23-21-29-19-17-28(18-20-29)16-15-27-13-11-26(9-4-2)12-14-27/h22,24-29H,3-21,23H2,1-2H3. The summed E-state index contributed by atoms with van der Waals surface area (Å²) in [5, 5.41) is 0. The zero-order valence-electron chi connectivity index (χ0n) is 21.6. The van der Waals surface area contributed by atoms with E-state index in [1.165, 1.54) is 140 Å². The number of pyridine rings is 1. The maximum absolute atomic E-state index is 4.79. The normalized spacial score (nSPS) is 26.3. The highest BCUT2D eigenvalue weighted by atomic mass is 14.7. The molecule has 1 heteroatoms. The Hall–Kier alpha value is -0.850. The number of unbranched alkanes of at least 4 members (excludes halogenated alkanes) is 4.